The minimum Gasteiger partial charge on any atom is -0.497 e. The third kappa shape index (κ3) is 14.8. The lowest BCUT2D eigenvalue weighted by Gasteiger charge is -2.44. The van der Waals surface area contributed by atoms with Gasteiger partial charge in [0.2, 0.25) is 5.91 Å². The van der Waals surface area contributed by atoms with Gasteiger partial charge in [-0.05, 0) is 41.0 Å². The Morgan fingerprint density at radius 3 is 1.69 bits per heavy atom. The molecule has 0 radical (unpaired) electrons. The number of hydrogen-bond donors (Lipinski definition) is 2. The van der Waals surface area contributed by atoms with Crippen molar-refractivity contribution in [1.82, 2.24) is 0 Å². The van der Waals surface area contributed by atoms with E-state index in [0.717, 1.165) is 30.5 Å². The van der Waals surface area contributed by atoms with Crippen LogP contribution in [0.1, 0.15) is 43.9 Å². The Balaban J connectivity index is 1.24. The number of primary amides is 1. The van der Waals surface area contributed by atoms with Crippen LogP contribution >= 0.6 is 0 Å². The number of benzene rings is 3. The largest absolute Gasteiger partial charge is 0.497 e. The van der Waals surface area contributed by atoms with E-state index in [2.05, 4.69) is 0 Å². The first-order chi connectivity index (χ1) is 29.4. The van der Waals surface area contributed by atoms with Gasteiger partial charge in [0.1, 0.15) is 42.0 Å². The Labute approximate surface area is 355 Å². The van der Waals surface area contributed by atoms with Gasteiger partial charge in [-0.15, -0.1) is 0 Å². The van der Waals surface area contributed by atoms with E-state index < -0.39 is 66.0 Å². The summed E-state index contributed by atoms with van der Waals surface area (Å²) in [5, 5.41) is 11.0. The predicted molar refractivity (Wildman–Crippen MR) is 216 cm³/mol. The van der Waals surface area contributed by atoms with Crippen molar-refractivity contribution >= 4 is 23.8 Å². The van der Waals surface area contributed by atoms with Crippen LogP contribution in [0.2, 0.25) is 0 Å². The van der Waals surface area contributed by atoms with Gasteiger partial charge in [-0.1, -0.05) is 54.6 Å². The number of nitrogens with two attached hydrogens (primary N) is 1. The van der Waals surface area contributed by atoms with Crippen molar-refractivity contribution in [3.05, 3.63) is 95.6 Å². The third-order valence-electron chi connectivity index (χ3n) is 9.49. The molecule has 0 spiro atoms. The number of hydrogen-bond acceptors (Lipinski definition) is 16. The lowest BCUT2D eigenvalue weighted by Crippen LogP contribution is -2.60. The Kier molecular flexibility index (Phi) is 19.9. The monoisotopic (exact) mass is 855 g/mol. The number of amides is 1. The molecule has 61 heavy (non-hydrogen) atoms. The number of rotatable bonds is 26. The summed E-state index contributed by atoms with van der Waals surface area (Å²) in [6, 6.07) is 25.0. The first-order valence-electron chi connectivity index (χ1n) is 19.8. The van der Waals surface area contributed by atoms with Gasteiger partial charge in [-0.3, -0.25) is 19.2 Å². The maximum absolute atomic E-state index is 12.0. The normalized spacial score (nSPS) is 19.3. The van der Waals surface area contributed by atoms with Gasteiger partial charge in [0.25, 0.3) is 0 Å². The maximum Gasteiger partial charge on any atom is 0.303 e. The van der Waals surface area contributed by atoms with Crippen LogP contribution < -0.4 is 15.2 Å². The van der Waals surface area contributed by atoms with E-state index >= 15 is 0 Å². The molecular formula is C44H57NO16. The average Bonchev–Trinajstić information content (AvgIpc) is 3.24. The molecule has 0 unspecified atom stereocenters. The van der Waals surface area contributed by atoms with Crippen molar-refractivity contribution in [1.29, 1.82) is 0 Å². The van der Waals surface area contributed by atoms with E-state index in [9.17, 15) is 24.3 Å². The van der Waals surface area contributed by atoms with Crippen molar-refractivity contribution < 1.29 is 76.4 Å². The lowest BCUT2D eigenvalue weighted by molar-refractivity contribution is -0.293. The van der Waals surface area contributed by atoms with Gasteiger partial charge in [0.15, 0.2) is 12.4 Å². The third-order valence-corrected chi connectivity index (χ3v) is 9.49. The highest BCUT2D eigenvalue weighted by molar-refractivity contribution is 5.74. The summed E-state index contributed by atoms with van der Waals surface area (Å²) < 4.78 is 62.3. The molecule has 17 nitrogen and oxygen atoms in total. The number of ether oxygens (including phenoxy) is 11. The van der Waals surface area contributed by atoms with Crippen LogP contribution in [0.25, 0.3) is 0 Å². The Hall–Kier alpha value is -5.14. The number of methoxy groups -OCH3 is 2. The summed E-state index contributed by atoms with van der Waals surface area (Å²) >= 11 is 0. The molecule has 3 N–H and O–H groups in total. The molecule has 0 aromatic heterocycles. The van der Waals surface area contributed by atoms with Gasteiger partial charge >= 0.3 is 17.9 Å². The van der Waals surface area contributed by atoms with E-state index in [1.54, 1.807) is 14.2 Å². The average molecular weight is 856 g/mol. The molecule has 1 fully saturated rings. The molecule has 1 aliphatic rings. The molecule has 334 valence electrons. The van der Waals surface area contributed by atoms with Crippen molar-refractivity contribution in [3.63, 3.8) is 0 Å². The molecule has 0 aliphatic carbocycles. The first kappa shape index (κ1) is 48.5. The second-order valence-electron chi connectivity index (χ2n) is 14.0. The van der Waals surface area contributed by atoms with E-state index in [4.69, 9.17) is 57.8 Å². The van der Waals surface area contributed by atoms with Crippen LogP contribution in [-0.2, 0) is 67.4 Å². The summed E-state index contributed by atoms with van der Waals surface area (Å²) in [6.07, 6.45) is -5.95. The highest BCUT2D eigenvalue weighted by Gasteiger charge is 2.51. The molecule has 3 aromatic rings. The van der Waals surface area contributed by atoms with Crippen molar-refractivity contribution in [2.75, 3.05) is 73.7 Å². The zero-order valence-corrected chi connectivity index (χ0v) is 35.2. The number of carbonyl (C=O) groups is 4. The SMILES string of the molecule is COc1ccc(C(OC[C@H](O)COCCOCCOCCO[C@@H]2O[C@H](COC(C)=O)[C@H](OC(C)=O)[C@H](OC(C)=O)[C@H]2CC(N)=O)(c2ccccc2)c2ccc(OC)cc2)cc1. The fraction of sp³-hybridized carbons (Fsp3) is 0.500. The van der Waals surface area contributed by atoms with E-state index in [0.29, 0.717) is 11.5 Å². The van der Waals surface area contributed by atoms with Gasteiger partial charge < -0.3 is 62.9 Å². The first-order valence-corrected chi connectivity index (χ1v) is 19.8. The van der Waals surface area contributed by atoms with Crippen LogP contribution in [0.3, 0.4) is 0 Å². The van der Waals surface area contributed by atoms with Gasteiger partial charge in [-0.2, -0.15) is 0 Å². The molecule has 1 saturated heterocycles. The minimum atomic E-state index is -1.21. The smallest absolute Gasteiger partial charge is 0.303 e. The Bertz CT molecular complexity index is 1740. The highest BCUT2D eigenvalue weighted by atomic mass is 16.7. The molecule has 1 heterocycles. The number of esters is 3. The molecule has 17 heteroatoms. The highest BCUT2D eigenvalue weighted by Crippen LogP contribution is 2.42. The quantitative estimate of drug-likeness (QED) is 0.0514. The van der Waals surface area contributed by atoms with E-state index in [1.165, 1.54) is 6.92 Å². The van der Waals surface area contributed by atoms with Crippen molar-refractivity contribution in [2.24, 2.45) is 11.7 Å². The summed E-state index contributed by atoms with van der Waals surface area (Å²) in [7, 11) is 3.21. The van der Waals surface area contributed by atoms with E-state index in [-0.39, 0.29) is 65.9 Å². The molecule has 0 saturated carbocycles. The topological polar surface area (TPSA) is 216 Å². The Morgan fingerprint density at radius 2 is 1.18 bits per heavy atom. The zero-order valence-electron chi connectivity index (χ0n) is 35.2. The minimum absolute atomic E-state index is 0.00501. The molecular weight excluding hydrogens is 798 g/mol. The zero-order chi connectivity index (χ0) is 44.2. The predicted octanol–water partition coefficient (Wildman–Crippen LogP) is 3.08. The van der Waals surface area contributed by atoms with Crippen molar-refractivity contribution in [3.8, 4) is 11.5 Å². The van der Waals surface area contributed by atoms with E-state index in [1.807, 2.05) is 78.9 Å². The molecule has 3 aromatic carbocycles. The summed E-state index contributed by atoms with van der Waals surface area (Å²) in [4.78, 5) is 47.6. The second kappa shape index (κ2) is 25.0. The number of carbonyl (C=O) groups excluding carboxylic acids is 4. The fourth-order valence-corrected chi connectivity index (χ4v) is 6.81. The molecule has 4 rings (SSSR count). The van der Waals surface area contributed by atoms with Crippen LogP contribution in [0, 0.1) is 5.92 Å². The van der Waals surface area contributed by atoms with Crippen LogP contribution in [-0.4, -0.2) is 133 Å². The van der Waals surface area contributed by atoms with Crippen LogP contribution in [0.4, 0.5) is 0 Å². The Morgan fingerprint density at radius 1 is 0.672 bits per heavy atom. The molecule has 0 bridgehead atoms. The van der Waals surface area contributed by atoms with Crippen molar-refractivity contribution in [2.45, 2.75) is 63.5 Å². The van der Waals surface area contributed by atoms with Gasteiger partial charge in [0, 0.05) is 27.2 Å². The lowest BCUT2D eigenvalue weighted by atomic mass is 9.80. The summed E-state index contributed by atoms with van der Waals surface area (Å²) in [5.74, 6) is -2.34. The summed E-state index contributed by atoms with van der Waals surface area (Å²) in [5.41, 5.74) is 6.94. The van der Waals surface area contributed by atoms with Gasteiger partial charge in [0.05, 0.1) is 73.0 Å². The molecule has 6 atom stereocenters. The molecule has 1 amide bonds. The summed E-state index contributed by atoms with van der Waals surface area (Å²) in [6.45, 7) is 4.04. The maximum atomic E-state index is 12.0. The second-order valence-corrected chi connectivity index (χ2v) is 14.0. The number of aliphatic hydroxyl groups excluding tert-OH is 1. The van der Waals surface area contributed by atoms with Crippen LogP contribution in [0.5, 0.6) is 11.5 Å². The fourth-order valence-electron chi connectivity index (χ4n) is 6.81. The number of aliphatic hydroxyl groups is 1. The standard InChI is InChI=1S/C44H57NO16/c1-29(46)57-28-39-42(60-31(3)48)41(59-30(2)47)38(25-40(45)50)43(61-39)56-24-23-54-20-19-53-21-22-55-26-35(49)27-58-44(32-9-7-6-8-10-32,33-11-15-36(51-4)16-12-33)34-13-17-37(52-5)18-14-34/h6-18,35,38-39,41-43,49H,19-28H2,1-5H3,(H2,45,50)/t35-,38-,39-,41-,42+,43-/m1/s1. The van der Waals surface area contributed by atoms with Crippen LogP contribution in [0.15, 0.2) is 78.9 Å². The molecule has 1 aliphatic heterocycles. The van der Waals surface area contributed by atoms with Gasteiger partial charge in [-0.25, -0.2) is 0 Å².